The summed E-state index contributed by atoms with van der Waals surface area (Å²) in [5, 5.41) is 1.25. The van der Waals surface area contributed by atoms with E-state index in [9.17, 15) is 4.79 Å². The van der Waals surface area contributed by atoms with Crippen LogP contribution in [0.4, 0.5) is 0 Å². The largest absolute Gasteiger partial charge is 0.454 e. The molecule has 3 nitrogen and oxygen atoms in total. The molecule has 3 aromatic rings. The Bertz CT molecular complexity index is 838. The Kier molecular flexibility index (Phi) is 3.42. The van der Waals surface area contributed by atoms with E-state index in [1.165, 1.54) is 11.3 Å². The van der Waals surface area contributed by atoms with Crippen LogP contribution >= 0.6 is 46.1 Å². The zero-order chi connectivity index (χ0) is 14.4. The molecule has 3 rings (SSSR count). The second-order valence-corrected chi connectivity index (χ2v) is 6.31. The lowest BCUT2D eigenvalue weighted by atomic mass is 10.2. The molecule has 0 unspecified atom stereocenters. The molecule has 0 bridgehead atoms. The maximum Gasteiger partial charge on any atom is 0.260 e. The van der Waals surface area contributed by atoms with Gasteiger partial charge in [0.1, 0.15) is 15.7 Å². The van der Waals surface area contributed by atoms with Gasteiger partial charge in [-0.3, -0.25) is 4.79 Å². The SMILES string of the molecule is NC(=O)c1sc2cc(-c3ccc(Cl)cc3Cl)oc2c1Cl. The standard InChI is InChI=1S/C13H6Cl3NO2S/c14-5-1-2-6(7(15)3-5)8-4-9-11(19-8)10(16)12(20-9)13(17)18/h1-4H,(H2,17,18). The number of thiophene rings is 1. The number of hydrogen-bond donors (Lipinski definition) is 1. The van der Waals surface area contributed by atoms with Gasteiger partial charge in [0.25, 0.3) is 5.91 Å². The average Bonchev–Trinajstić information content (AvgIpc) is 2.89. The quantitative estimate of drug-likeness (QED) is 0.691. The van der Waals surface area contributed by atoms with Gasteiger partial charge in [-0.2, -0.15) is 0 Å². The van der Waals surface area contributed by atoms with E-state index in [0.717, 1.165) is 4.70 Å². The van der Waals surface area contributed by atoms with Crippen LogP contribution in [0.5, 0.6) is 0 Å². The number of amides is 1. The molecule has 7 heteroatoms. The Morgan fingerprint density at radius 3 is 2.55 bits per heavy atom. The van der Waals surface area contributed by atoms with Gasteiger partial charge < -0.3 is 10.2 Å². The van der Waals surface area contributed by atoms with Gasteiger partial charge in [0, 0.05) is 16.7 Å². The van der Waals surface area contributed by atoms with Crippen LogP contribution in [-0.2, 0) is 0 Å². The van der Waals surface area contributed by atoms with E-state index < -0.39 is 5.91 Å². The minimum absolute atomic E-state index is 0.230. The van der Waals surface area contributed by atoms with Gasteiger partial charge in [0.15, 0.2) is 5.58 Å². The first kappa shape index (κ1) is 13.8. The summed E-state index contributed by atoms with van der Waals surface area (Å²) in [6, 6.07) is 6.88. The van der Waals surface area contributed by atoms with Crippen molar-refractivity contribution >= 4 is 62.3 Å². The summed E-state index contributed by atoms with van der Waals surface area (Å²) >= 11 is 19.3. The van der Waals surface area contributed by atoms with Gasteiger partial charge in [0.05, 0.1) is 9.72 Å². The summed E-state index contributed by atoms with van der Waals surface area (Å²) in [6.45, 7) is 0. The van der Waals surface area contributed by atoms with Gasteiger partial charge in [-0.1, -0.05) is 34.8 Å². The lowest BCUT2D eigenvalue weighted by Crippen LogP contribution is -2.08. The van der Waals surface area contributed by atoms with Crippen LogP contribution in [0.1, 0.15) is 9.67 Å². The molecular formula is C13H6Cl3NO2S. The Morgan fingerprint density at radius 2 is 1.95 bits per heavy atom. The number of rotatable bonds is 2. The second kappa shape index (κ2) is 4.97. The zero-order valence-corrected chi connectivity index (χ0v) is 12.8. The Labute approximate surface area is 132 Å². The normalized spacial score (nSPS) is 11.2. The van der Waals surface area contributed by atoms with Crippen LogP contribution in [0.25, 0.3) is 21.6 Å². The van der Waals surface area contributed by atoms with Gasteiger partial charge in [-0.15, -0.1) is 11.3 Å². The monoisotopic (exact) mass is 345 g/mol. The van der Waals surface area contributed by atoms with Crippen LogP contribution in [0.2, 0.25) is 15.1 Å². The van der Waals surface area contributed by atoms with E-state index in [2.05, 4.69) is 0 Å². The number of primary amides is 1. The molecule has 1 amide bonds. The summed E-state index contributed by atoms with van der Waals surface area (Å²) in [7, 11) is 0. The highest BCUT2D eigenvalue weighted by atomic mass is 35.5. The second-order valence-electron chi connectivity index (χ2n) is 4.04. The molecule has 1 aromatic carbocycles. The van der Waals surface area contributed by atoms with Gasteiger partial charge >= 0.3 is 0 Å². The fourth-order valence-corrected chi connectivity index (χ4v) is 3.65. The van der Waals surface area contributed by atoms with E-state index in [1.807, 2.05) is 0 Å². The molecule has 2 heterocycles. The molecular weight excluding hydrogens is 341 g/mol. The topological polar surface area (TPSA) is 56.2 Å². The first-order valence-electron chi connectivity index (χ1n) is 5.44. The fraction of sp³-hybridized carbons (Fsp3) is 0. The van der Waals surface area contributed by atoms with Crippen molar-refractivity contribution in [1.29, 1.82) is 0 Å². The van der Waals surface area contributed by atoms with Crippen molar-refractivity contribution in [1.82, 2.24) is 0 Å². The molecule has 0 atom stereocenters. The van der Waals surface area contributed by atoms with Crippen molar-refractivity contribution in [3.8, 4) is 11.3 Å². The van der Waals surface area contributed by atoms with E-state index in [-0.39, 0.29) is 9.90 Å². The van der Waals surface area contributed by atoms with Gasteiger partial charge in [-0.25, -0.2) is 0 Å². The molecule has 0 saturated heterocycles. The number of hydrogen-bond acceptors (Lipinski definition) is 3. The van der Waals surface area contributed by atoms with Crippen molar-refractivity contribution in [2.45, 2.75) is 0 Å². The minimum Gasteiger partial charge on any atom is -0.454 e. The number of halogens is 3. The number of carbonyl (C=O) groups excluding carboxylic acids is 1. The first-order valence-corrected chi connectivity index (χ1v) is 7.39. The molecule has 0 aliphatic carbocycles. The van der Waals surface area contributed by atoms with Crippen molar-refractivity contribution < 1.29 is 9.21 Å². The van der Waals surface area contributed by atoms with Crippen LogP contribution < -0.4 is 5.73 Å². The smallest absolute Gasteiger partial charge is 0.260 e. The summed E-state index contributed by atoms with van der Waals surface area (Å²) in [5.74, 6) is -0.0108. The van der Waals surface area contributed by atoms with Crippen molar-refractivity contribution in [2.75, 3.05) is 0 Å². The number of furan rings is 1. The van der Waals surface area contributed by atoms with E-state index in [0.29, 0.717) is 27.0 Å². The Hall–Kier alpha value is -1.20. The summed E-state index contributed by atoms with van der Waals surface area (Å²) in [4.78, 5) is 11.5. The number of carbonyl (C=O) groups is 1. The van der Waals surface area contributed by atoms with Crippen LogP contribution in [-0.4, -0.2) is 5.91 Å². The highest BCUT2D eigenvalue weighted by Crippen LogP contribution is 2.41. The molecule has 20 heavy (non-hydrogen) atoms. The zero-order valence-electron chi connectivity index (χ0n) is 9.75. The average molecular weight is 347 g/mol. The summed E-state index contributed by atoms with van der Waals surface area (Å²) in [6.07, 6.45) is 0. The molecule has 0 aliphatic rings. The third kappa shape index (κ3) is 2.19. The van der Waals surface area contributed by atoms with Crippen LogP contribution in [0, 0.1) is 0 Å². The molecule has 2 N–H and O–H groups in total. The maximum atomic E-state index is 11.2. The maximum absolute atomic E-state index is 11.2. The predicted molar refractivity (Wildman–Crippen MR) is 83.1 cm³/mol. The van der Waals surface area contributed by atoms with E-state index in [1.54, 1.807) is 24.3 Å². The highest BCUT2D eigenvalue weighted by molar-refractivity contribution is 7.21. The molecule has 0 fully saturated rings. The lowest BCUT2D eigenvalue weighted by Gasteiger charge is -2.00. The third-order valence-corrected chi connectivity index (χ3v) is 4.88. The Balaban J connectivity index is 2.17. The van der Waals surface area contributed by atoms with E-state index in [4.69, 9.17) is 45.0 Å². The summed E-state index contributed by atoms with van der Waals surface area (Å²) < 4.78 is 6.42. The predicted octanol–water partition coefficient (Wildman–Crippen LogP) is 5.22. The minimum atomic E-state index is -0.572. The van der Waals surface area contributed by atoms with E-state index >= 15 is 0 Å². The van der Waals surface area contributed by atoms with Crippen LogP contribution in [0.3, 0.4) is 0 Å². The lowest BCUT2D eigenvalue weighted by molar-refractivity contribution is 0.100. The third-order valence-electron chi connectivity index (χ3n) is 2.73. The van der Waals surface area contributed by atoms with Crippen molar-refractivity contribution in [3.63, 3.8) is 0 Å². The van der Waals surface area contributed by atoms with Crippen molar-refractivity contribution in [2.24, 2.45) is 5.73 Å². The molecule has 0 aliphatic heterocycles. The molecule has 102 valence electrons. The number of fused-ring (bicyclic) bond motifs is 1. The Morgan fingerprint density at radius 1 is 1.20 bits per heavy atom. The molecule has 0 radical (unpaired) electrons. The van der Waals surface area contributed by atoms with Gasteiger partial charge in [-0.05, 0) is 18.2 Å². The molecule has 0 saturated carbocycles. The van der Waals surface area contributed by atoms with Gasteiger partial charge in [0.2, 0.25) is 0 Å². The number of benzene rings is 1. The van der Waals surface area contributed by atoms with Crippen molar-refractivity contribution in [3.05, 3.63) is 44.2 Å². The molecule has 2 aromatic heterocycles. The summed E-state index contributed by atoms with van der Waals surface area (Å²) in [5.41, 5.74) is 6.38. The van der Waals surface area contributed by atoms with Crippen LogP contribution in [0.15, 0.2) is 28.7 Å². The molecule has 0 spiro atoms. The highest BCUT2D eigenvalue weighted by Gasteiger charge is 2.20. The first-order chi connectivity index (χ1) is 9.47. The number of nitrogens with two attached hydrogens (primary N) is 1. The fourth-order valence-electron chi connectivity index (χ4n) is 1.84.